The molecule has 0 aromatic rings. The first-order valence-electron chi connectivity index (χ1n) is 3.50. The first-order valence-corrected chi connectivity index (χ1v) is 3.50. The molecule has 0 aromatic heterocycles. The van der Waals surface area contributed by atoms with E-state index < -0.39 is 0 Å². The third-order valence-corrected chi connectivity index (χ3v) is 1.11. The molecule has 2 rings (SSSR count). The maximum absolute atomic E-state index is 7.00. The highest BCUT2D eigenvalue weighted by atomic mass is 16.2. The SMILES string of the molecule is C=CC.CO.c1cc2cc-2c1. The lowest BCUT2D eigenvalue weighted by molar-refractivity contribution is 0.399. The second-order valence-corrected chi connectivity index (χ2v) is 1.99. The number of rotatable bonds is 0. The van der Waals surface area contributed by atoms with Gasteiger partial charge in [0.05, 0.1) is 0 Å². The van der Waals surface area contributed by atoms with E-state index in [0.717, 1.165) is 7.11 Å². The van der Waals surface area contributed by atoms with E-state index in [1.165, 1.54) is 11.1 Å². The third-order valence-electron chi connectivity index (χ3n) is 1.11. The van der Waals surface area contributed by atoms with Gasteiger partial charge in [0.25, 0.3) is 0 Å². The van der Waals surface area contributed by atoms with E-state index in [1.807, 2.05) is 6.92 Å². The molecule has 0 unspecified atom stereocenters. The number of fused-ring (bicyclic) bond motifs is 1. The Morgan fingerprint density at radius 3 is 1.73 bits per heavy atom. The predicted molar refractivity (Wildman–Crippen MR) is 49.4 cm³/mol. The second-order valence-electron chi connectivity index (χ2n) is 1.99. The molecule has 0 atom stereocenters. The topological polar surface area (TPSA) is 20.2 Å². The molecule has 1 nitrogen and oxygen atoms in total. The fourth-order valence-electron chi connectivity index (χ4n) is 0.676. The summed E-state index contributed by atoms with van der Waals surface area (Å²) < 4.78 is 0. The van der Waals surface area contributed by atoms with Gasteiger partial charge in [-0.3, -0.25) is 0 Å². The molecular weight excluding hydrogens is 136 g/mol. The summed E-state index contributed by atoms with van der Waals surface area (Å²) in [5.74, 6) is 0. The zero-order chi connectivity index (χ0) is 8.69. The molecule has 0 saturated heterocycles. The van der Waals surface area contributed by atoms with E-state index in [9.17, 15) is 0 Å². The van der Waals surface area contributed by atoms with E-state index in [2.05, 4.69) is 30.8 Å². The van der Waals surface area contributed by atoms with Crippen molar-refractivity contribution in [1.82, 2.24) is 0 Å². The van der Waals surface area contributed by atoms with Gasteiger partial charge in [-0.05, 0) is 24.1 Å². The van der Waals surface area contributed by atoms with Crippen molar-refractivity contribution in [2.24, 2.45) is 0 Å². The van der Waals surface area contributed by atoms with Gasteiger partial charge in [0, 0.05) is 7.11 Å². The molecule has 0 radical (unpaired) electrons. The lowest BCUT2D eigenvalue weighted by Crippen LogP contribution is -1.25. The molecule has 0 aromatic carbocycles. The van der Waals surface area contributed by atoms with Gasteiger partial charge in [0.1, 0.15) is 0 Å². The lowest BCUT2D eigenvalue weighted by atomic mass is 10.6. The van der Waals surface area contributed by atoms with Gasteiger partial charge in [0.2, 0.25) is 0 Å². The Balaban J connectivity index is 0.000000176. The molecule has 0 spiro atoms. The van der Waals surface area contributed by atoms with E-state index in [4.69, 9.17) is 5.11 Å². The van der Waals surface area contributed by atoms with Gasteiger partial charge in [0.15, 0.2) is 0 Å². The van der Waals surface area contributed by atoms with Gasteiger partial charge < -0.3 is 5.11 Å². The summed E-state index contributed by atoms with van der Waals surface area (Å²) in [4.78, 5) is 0. The third kappa shape index (κ3) is 3.58. The zero-order valence-corrected chi connectivity index (χ0v) is 7.04. The molecule has 0 heterocycles. The summed E-state index contributed by atoms with van der Waals surface area (Å²) in [6.45, 7) is 5.25. The molecule has 1 heteroatoms. The van der Waals surface area contributed by atoms with E-state index >= 15 is 0 Å². The zero-order valence-electron chi connectivity index (χ0n) is 7.04. The number of hydrogen-bond donors (Lipinski definition) is 1. The molecule has 0 aliphatic heterocycles. The van der Waals surface area contributed by atoms with Gasteiger partial charge in [-0.15, -0.1) is 6.58 Å². The van der Waals surface area contributed by atoms with Crippen molar-refractivity contribution < 1.29 is 5.11 Å². The summed E-state index contributed by atoms with van der Waals surface area (Å²) >= 11 is 0. The summed E-state index contributed by atoms with van der Waals surface area (Å²) in [5, 5.41) is 7.00. The molecule has 2 aliphatic carbocycles. The number of benzene rings is 1. The highest BCUT2D eigenvalue weighted by Crippen LogP contribution is 2.32. The molecule has 0 bridgehead atoms. The summed E-state index contributed by atoms with van der Waals surface area (Å²) in [7, 11) is 1.00. The van der Waals surface area contributed by atoms with Gasteiger partial charge >= 0.3 is 0 Å². The normalized spacial score (nSPS) is 7.91. The minimum absolute atomic E-state index is 1.00. The van der Waals surface area contributed by atoms with Crippen LogP contribution in [0.25, 0.3) is 11.1 Å². The quantitative estimate of drug-likeness (QED) is 0.572. The number of aliphatic hydroxyl groups excluding tert-OH is 1. The largest absolute Gasteiger partial charge is 0.400 e. The Hall–Kier alpha value is -1.08. The van der Waals surface area contributed by atoms with Gasteiger partial charge in [-0.1, -0.05) is 24.3 Å². The maximum atomic E-state index is 7.00. The molecule has 0 saturated carbocycles. The minimum Gasteiger partial charge on any atom is -0.400 e. The average Bonchev–Trinajstić information content (AvgIpc) is 2.65. The Morgan fingerprint density at radius 1 is 1.27 bits per heavy atom. The van der Waals surface area contributed by atoms with Crippen molar-refractivity contribution in [2.75, 3.05) is 7.11 Å². The summed E-state index contributed by atoms with van der Waals surface area (Å²) in [5.41, 5.74) is 2.85. The molecule has 0 fully saturated rings. The average molecular weight is 150 g/mol. The molecule has 1 N–H and O–H groups in total. The number of hydrogen-bond acceptors (Lipinski definition) is 1. The van der Waals surface area contributed by atoms with Crippen molar-refractivity contribution in [3.8, 4) is 11.1 Å². The molecule has 11 heavy (non-hydrogen) atoms. The van der Waals surface area contributed by atoms with Crippen LogP contribution in [0.1, 0.15) is 6.92 Å². The minimum atomic E-state index is 1.00. The fourth-order valence-corrected chi connectivity index (χ4v) is 0.676. The van der Waals surface area contributed by atoms with Crippen LogP contribution in [-0.4, -0.2) is 12.2 Å². The maximum Gasteiger partial charge on any atom is 0.0319 e. The monoisotopic (exact) mass is 150 g/mol. The molecule has 2 aliphatic rings. The standard InChI is InChI=1S/C6H4.C3H6.CH4O/c1-2-5-4-6(5)3-1;1-3-2;1-2/h1-4H;3H,1H2,2H3;2H,1H3. The van der Waals surface area contributed by atoms with Crippen LogP contribution in [0.2, 0.25) is 0 Å². The van der Waals surface area contributed by atoms with Crippen LogP contribution in [0.15, 0.2) is 36.9 Å². The fraction of sp³-hybridized carbons (Fsp3) is 0.200. The summed E-state index contributed by atoms with van der Waals surface area (Å²) in [6, 6.07) is 8.48. The van der Waals surface area contributed by atoms with Crippen molar-refractivity contribution in [3.63, 3.8) is 0 Å². The van der Waals surface area contributed by atoms with Gasteiger partial charge in [-0.2, -0.15) is 0 Å². The van der Waals surface area contributed by atoms with Crippen molar-refractivity contribution >= 4 is 0 Å². The Labute approximate surface area is 68.0 Å². The van der Waals surface area contributed by atoms with E-state index in [0.29, 0.717) is 0 Å². The molecule has 0 amide bonds. The number of aliphatic hydroxyl groups is 1. The lowest BCUT2D eigenvalue weighted by Gasteiger charge is -1.48. The van der Waals surface area contributed by atoms with Crippen molar-refractivity contribution in [2.45, 2.75) is 6.92 Å². The second kappa shape index (κ2) is 5.69. The van der Waals surface area contributed by atoms with Crippen molar-refractivity contribution in [1.29, 1.82) is 0 Å². The Morgan fingerprint density at radius 2 is 1.64 bits per heavy atom. The van der Waals surface area contributed by atoms with E-state index in [-0.39, 0.29) is 0 Å². The molecular formula is C10H14O. The van der Waals surface area contributed by atoms with Gasteiger partial charge in [-0.25, -0.2) is 0 Å². The van der Waals surface area contributed by atoms with Crippen LogP contribution in [-0.2, 0) is 0 Å². The van der Waals surface area contributed by atoms with Crippen LogP contribution in [0, 0.1) is 0 Å². The van der Waals surface area contributed by atoms with Crippen LogP contribution in [0.4, 0.5) is 0 Å². The summed E-state index contributed by atoms with van der Waals surface area (Å²) in [6.07, 6.45) is 1.75. The van der Waals surface area contributed by atoms with Crippen molar-refractivity contribution in [3.05, 3.63) is 36.9 Å². The van der Waals surface area contributed by atoms with Crippen LogP contribution < -0.4 is 0 Å². The van der Waals surface area contributed by atoms with Crippen LogP contribution in [0.3, 0.4) is 0 Å². The van der Waals surface area contributed by atoms with Crippen LogP contribution in [0.5, 0.6) is 0 Å². The highest BCUT2D eigenvalue weighted by molar-refractivity contribution is 5.80. The first-order chi connectivity index (χ1) is 5.38. The Kier molecular flexibility index (Phi) is 5.13. The highest BCUT2D eigenvalue weighted by Gasteiger charge is 2.06. The molecule has 60 valence electrons. The predicted octanol–water partition coefficient (Wildman–Crippen LogP) is 2.47. The Bertz CT molecular complexity index is 199. The smallest absolute Gasteiger partial charge is 0.0319 e. The van der Waals surface area contributed by atoms with Crippen LogP contribution >= 0.6 is 0 Å². The van der Waals surface area contributed by atoms with E-state index in [1.54, 1.807) is 6.08 Å². The number of allylic oxidation sites excluding steroid dienone is 1. The first kappa shape index (κ1) is 9.92.